The minimum atomic E-state index is -3.88. The van der Waals surface area contributed by atoms with E-state index in [2.05, 4.69) is 6.08 Å². The Kier molecular flexibility index (Phi) is 8.78. The van der Waals surface area contributed by atoms with Crippen molar-refractivity contribution in [2.24, 2.45) is 5.92 Å². The number of likely N-dealkylation sites (N-methyl/N-ethyl adjacent to an activating group) is 2. The van der Waals surface area contributed by atoms with Crippen molar-refractivity contribution in [3.05, 3.63) is 29.8 Å². The second-order valence-electron chi connectivity index (χ2n) is 9.89. The van der Waals surface area contributed by atoms with Crippen LogP contribution in [0.4, 0.5) is 0 Å². The van der Waals surface area contributed by atoms with Crippen LogP contribution in [0.15, 0.2) is 29.2 Å². The van der Waals surface area contributed by atoms with Crippen molar-refractivity contribution < 1.29 is 23.1 Å². The summed E-state index contributed by atoms with van der Waals surface area (Å²) in [5.41, 5.74) is 2.18. The van der Waals surface area contributed by atoms with Crippen LogP contribution in [-0.4, -0.2) is 93.1 Å². The van der Waals surface area contributed by atoms with Crippen LogP contribution in [0.1, 0.15) is 45.1 Å². The summed E-state index contributed by atoms with van der Waals surface area (Å²) in [5.74, 6) is 0.0746. The highest BCUT2D eigenvalue weighted by molar-refractivity contribution is 7.89. The molecule has 1 amide bonds. The molecule has 0 unspecified atom stereocenters. The van der Waals surface area contributed by atoms with Crippen LogP contribution in [0, 0.1) is 5.92 Å². The molecule has 1 heterocycles. The van der Waals surface area contributed by atoms with Gasteiger partial charge in [0.15, 0.2) is 0 Å². The van der Waals surface area contributed by atoms with Gasteiger partial charge < -0.3 is 19.6 Å². The SMILES string of the molecule is C[C@H]1CN([C@@H](C)CO)S(=O)(=O)c2ccc(C3=CCCCC3)cc2O[C@@H]1CN(C)C(=O)CN(C)C. The van der Waals surface area contributed by atoms with Gasteiger partial charge in [0.25, 0.3) is 0 Å². The van der Waals surface area contributed by atoms with Crippen LogP contribution in [-0.2, 0) is 14.8 Å². The zero-order valence-electron chi connectivity index (χ0n) is 21.0. The van der Waals surface area contributed by atoms with Crippen LogP contribution in [0.2, 0.25) is 0 Å². The normalized spacial score (nSPS) is 23.8. The van der Waals surface area contributed by atoms with Crippen molar-refractivity contribution in [2.45, 2.75) is 56.6 Å². The fourth-order valence-electron chi connectivity index (χ4n) is 4.51. The predicted octanol–water partition coefficient (Wildman–Crippen LogP) is 2.43. The summed E-state index contributed by atoms with van der Waals surface area (Å²) >= 11 is 0. The maximum atomic E-state index is 13.6. The summed E-state index contributed by atoms with van der Waals surface area (Å²) in [7, 11) is 1.56. The molecule has 0 aromatic heterocycles. The van der Waals surface area contributed by atoms with Gasteiger partial charge in [-0.2, -0.15) is 4.31 Å². The van der Waals surface area contributed by atoms with E-state index in [0.29, 0.717) is 12.3 Å². The predicted molar refractivity (Wildman–Crippen MR) is 133 cm³/mol. The number of ether oxygens (including phenoxy) is 1. The van der Waals surface area contributed by atoms with E-state index in [-0.39, 0.29) is 36.4 Å². The number of aliphatic hydroxyl groups excluding tert-OH is 1. The number of fused-ring (bicyclic) bond motifs is 1. The molecule has 0 fully saturated rings. The van der Waals surface area contributed by atoms with E-state index in [0.717, 1.165) is 24.8 Å². The molecule has 34 heavy (non-hydrogen) atoms. The molecule has 1 aliphatic heterocycles. The number of amides is 1. The molecule has 9 heteroatoms. The molecule has 0 saturated carbocycles. The lowest BCUT2D eigenvalue weighted by atomic mass is 9.93. The van der Waals surface area contributed by atoms with Gasteiger partial charge in [-0.15, -0.1) is 0 Å². The third-order valence-corrected chi connectivity index (χ3v) is 8.68. The number of nitrogens with zero attached hydrogens (tertiary/aromatic N) is 3. The number of aliphatic hydroxyl groups is 1. The van der Waals surface area contributed by atoms with Gasteiger partial charge in [-0.05, 0) is 70.0 Å². The first-order valence-electron chi connectivity index (χ1n) is 12.1. The summed E-state index contributed by atoms with van der Waals surface area (Å²) in [6, 6.07) is 4.73. The number of allylic oxidation sites excluding steroid dienone is 2. The topological polar surface area (TPSA) is 90.4 Å². The Balaban J connectivity index is 2.03. The van der Waals surface area contributed by atoms with Gasteiger partial charge >= 0.3 is 0 Å². The fraction of sp³-hybridized carbons (Fsp3) is 0.640. The van der Waals surface area contributed by atoms with Crippen LogP contribution in [0.25, 0.3) is 5.57 Å². The number of carbonyl (C=O) groups excluding carboxylic acids is 1. The van der Waals surface area contributed by atoms with Gasteiger partial charge in [-0.3, -0.25) is 4.79 Å². The van der Waals surface area contributed by atoms with Gasteiger partial charge in [0.1, 0.15) is 16.7 Å². The van der Waals surface area contributed by atoms with Gasteiger partial charge in [0.05, 0.1) is 19.7 Å². The Morgan fingerprint density at radius 2 is 2.00 bits per heavy atom. The Hall–Kier alpha value is -1.94. The van der Waals surface area contributed by atoms with Crippen molar-refractivity contribution in [1.82, 2.24) is 14.1 Å². The molecule has 1 aromatic carbocycles. The quantitative estimate of drug-likeness (QED) is 0.628. The Morgan fingerprint density at radius 3 is 2.62 bits per heavy atom. The molecule has 1 N–H and O–H groups in total. The minimum absolute atomic E-state index is 0.0302. The van der Waals surface area contributed by atoms with E-state index in [4.69, 9.17) is 4.74 Å². The van der Waals surface area contributed by atoms with E-state index in [1.54, 1.807) is 24.9 Å². The van der Waals surface area contributed by atoms with Crippen LogP contribution in [0.3, 0.4) is 0 Å². The van der Waals surface area contributed by atoms with Crippen molar-refractivity contribution in [3.63, 3.8) is 0 Å². The smallest absolute Gasteiger partial charge is 0.247 e. The lowest BCUT2D eigenvalue weighted by Gasteiger charge is -2.37. The standard InChI is InChI=1S/C25H39N3O5S/c1-18-14-28(19(2)17-29)34(31,32)24-12-11-21(20-9-7-6-8-10-20)13-22(24)33-23(18)15-27(5)25(30)16-26(3)4/h9,11-13,18-19,23,29H,6-8,10,14-17H2,1-5H3/t18-,19-,23+/m0/s1. The van der Waals surface area contributed by atoms with E-state index in [1.165, 1.54) is 16.3 Å². The van der Waals surface area contributed by atoms with Crippen LogP contribution < -0.4 is 4.74 Å². The minimum Gasteiger partial charge on any atom is -0.487 e. The number of hydrogen-bond donors (Lipinski definition) is 1. The molecule has 190 valence electrons. The zero-order chi connectivity index (χ0) is 25.0. The van der Waals surface area contributed by atoms with Crippen molar-refractivity contribution >= 4 is 21.5 Å². The lowest BCUT2D eigenvalue weighted by molar-refractivity contribution is -0.132. The summed E-state index contributed by atoms with van der Waals surface area (Å²) < 4.78 is 35.0. The summed E-state index contributed by atoms with van der Waals surface area (Å²) in [6.45, 7) is 4.17. The molecule has 0 spiro atoms. The summed E-state index contributed by atoms with van der Waals surface area (Å²) in [5, 5.41) is 9.80. The number of carbonyl (C=O) groups is 1. The molecule has 3 atom stereocenters. The maximum Gasteiger partial charge on any atom is 0.247 e. The van der Waals surface area contributed by atoms with Gasteiger partial charge in [0.2, 0.25) is 15.9 Å². The largest absolute Gasteiger partial charge is 0.487 e. The Morgan fingerprint density at radius 1 is 1.26 bits per heavy atom. The highest BCUT2D eigenvalue weighted by atomic mass is 32.2. The number of rotatable bonds is 7. The van der Waals surface area contributed by atoms with Gasteiger partial charge in [0, 0.05) is 25.6 Å². The fourth-order valence-corrected chi connectivity index (χ4v) is 6.33. The third-order valence-electron chi connectivity index (χ3n) is 6.66. The molecular formula is C25H39N3O5S. The lowest BCUT2D eigenvalue weighted by Crippen LogP contribution is -2.50. The highest BCUT2D eigenvalue weighted by Crippen LogP contribution is 2.37. The average molecular weight is 494 g/mol. The molecule has 3 rings (SSSR count). The molecular weight excluding hydrogens is 454 g/mol. The second kappa shape index (κ2) is 11.2. The van der Waals surface area contributed by atoms with E-state index < -0.39 is 22.2 Å². The zero-order valence-corrected chi connectivity index (χ0v) is 21.8. The highest BCUT2D eigenvalue weighted by Gasteiger charge is 2.38. The molecule has 0 saturated heterocycles. The van der Waals surface area contributed by atoms with E-state index in [1.807, 2.05) is 38.1 Å². The van der Waals surface area contributed by atoms with Crippen molar-refractivity contribution in [2.75, 3.05) is 47.4 Å². The summed E-state index contributed by atoms with van der Waals surface area (Å²) in [6.07, 6.45) is 6.07. The monoisotopic (exact) mass is 493 g/mol. The number of sulfonamides is 1. The van der Waals surface area contributed by atoms with Crippen molar-refractivity contribution in [3.8, 4) is 5.75 Å². The van der Waals surface area contributed by atoms with Gasteiger partial charge in [-0.25, -0.2) is 8.42 Å². The Bertz CT molecular complexity index is 1010. The van der Waals surface area contributed by atoms with Gasteiger partial charge in [-0.1, -0.05) is 19.1 Å². The van der Waals surface area contributed by atoms with E-state index >= 15 is 0 Å². The molecule has 2 aliphatic rings. The van der Waals surface area contributed by atoms with Crippen LogP contribution in [0.5, 0.6) is 5.75 Å². The molecule has 1 aromatic rings. The van der Waals surface area contributed by atoms with Crippen molar-refractivity contribution in [1.29, 1.82) is 0 Å². The first kappa shape index (κ1) is 26.7. The molecule has 0 bridgehead atoms. The first-order valence-corrected chi connectivity index (χ1v) is 13.5. The maximum absolute atomic E-state index is 13.6. The molecule has 8 nitrogen and oxygen atoms in total. The first-order chi connectivity index (χ1) is 16.0. The van der Waals surface area contributed by atoms with Crippen LogP contribution >= 0.6 is 0 Å². The second-order valence-corrected chi connectivity index (χ2v) is 11.7. The molecule has 1 aliphatic carbocycles. The summed E-state index contributed by atoms with van der Waals surface area (Å²) in [4.78, 5) is 16.2. The number of hydrogen-bond acceptors (Lipinski definition) is 6. The van der Waals surface area contributed by atoms with E-state index in [9.17, 15) is 18.3 Å². The number of benzene rings is 1. The molecule has 0 radical (unpaired) electrons. The third kappa shape index (κ3) is 6.00. The Labute approximate surface area is 204 Å². The average Bonchev–Trinajstić information content (AvgIpc) is 2.80.